The molecule has 0 spiro atoms. The van der Waals surface area contributed by atoms with Crippen LogP contribution in [0.1, 0.15) is 70.2 Å². The number of benzene rings is 1. The highest BCUT2D eigenvalue weighted by Crippen LogP contribution is 2.38. The lowest BCUT2D eigenvalue weighted by Crippen LogP contribution is -2.52. The quantitative estimate of drug-likeness (QED) is 0.414. The Bertz CT molecular complexity index is 1020. The summed E-state index contributed by atoms with van der Waals surface area (Å²) in [5, 5.41) is 15.2. The highest BCUT2D eigenvalue weighted by molar-refractivity contribution is 5.88. The second-order valence-electron chi connectivity index (χ2n) is 9.33. The largest absolute Gasteiger partial charge is 0.352 e. The number of aryl methyl sites for hydroxylation is 1. The van der Waals surface area contributed by atoms with Crippen LogP contribution in [-0.4, -0.2) is 51.1 Å². The average molecular weight is 479 g/mol. The first-order valence-electron chi connectivity index (χ1n) is 12.1. The Morgan fingerprint density at radius 2 is 1.91 bits per heavy atom. The second kappa shape index (κ2) is 12.2. The number of hydrogen-bond donors (Lipinski definition) is 1. The molecule has 9 heteroatoms. The lowest BCUT2D eigenvalue weighted by molar-refractivity contribution is -0.141. The van der Waals surface area contributed by atoms with Gasteiger partial charge in [0.25, 0.3) is 0 Å². The topological polar surface area (TPSA) is 113 Å². The Labute approximate surface area is 206 Å². The van der Waals surface area contributed by atoms with Gasteiger partial charge in [0.15, 0.2) is 11.5 Å². The Kier molecular flexibility index (Phi) is 9.12. The van der Waals surface area contributed by atoms with Gasteiger partial charge in [-0.15, -0.1) is 12.3 Å². The summed E-state index contributed by atoms with van der Waals surface area (Å²) < 4.78 is 4.90. The van der Waals surface area contributed by atoms with Crippen LogP contribution in [0.2, 0.25) is 0 Å². The summed E-state index contributed by atoms with van der Waals surface area (Å²) in [6.07, 6.45) is 9.67. The van der Waals surface area contributed by atoms with E-state index in [4.69, 9.17) is 10.9 Å². The molecule has 1 N–H and O–H groups in total. The van der Waals surface area contributed by atoms with Crippen LogP contribution in [0, 0.1) is 12.3 Å². The number of terminal acetylenes is 1. The first-order chi connectivity index (χ1) is 16.8. The van der Waals surface area contributed by atoms with Crippen molar-refractivity contribution in [3.63, 3.8) is 0 Å². The second-order valence-corrected chi connectivity index (χ2v) is 9.33. The highest BCUT2D eigenvalue weighted by atomic mass is 16.5. The van der Waals surface area contributed by atoms with Gasteiger partial charge in [0.2, 0.25) is 18.2 Å². The zero-order valence-corrected chi connectivity index (χ0v) is 20.7. The number of rotatable bonds is 14. The van der Waals surface area contributed by atoms with Gasteiger partial charge in [-0.3, -0.25) is 9.59 Å². The van der Waals surface area contributed by atoms with Crippen molar-refractivity contribution in [1.29, 1.82) is 0 Å². The molecule has 2 heterocycles. The zero-order chi connectivity index (χ0) is 25.3. The van der Waals surface area contributed by atoms with E-state index in [1.807, 2.05) is 51.1 Å². The fraction of sp³-hybridized carbons (Fsp3) is 0.538. The molecule has 1 aromatic heterocycles. The van der Waals surface area contributed by atoms with Crippen LogP contribution in [0.25, 0.3) is 0 Å². The predicted molar refractivity (Wildman–Crippen MR) is 131 cm³/mol. The number of carbonyl (C=O) groups excluding carboxylic acids is 2. The van der Waals surface area contributed by atoms with Crippen molar-refractivity contribution >= 4 is 11.8 Å². The Morgan fingerprint density at radius 3 is 2.51 bits per heavy atom. The molecule has 2 unspecified atom stereocenters. The van der Waals surface area contributed by atoms with Crippen LogP contribution in [0.15, 0.2) is 51.5 Å². The highest BCUT2D eigenvalue weighted by Gasteiger charge is 2.40. The van der Waals surface area contributed by atoms with Gasteiger partial charge in [-0.2, -0.15) is 15.2 Å². The molecule has 2 atom stereocenters. The van der Waals surface area contributed by atoms with Crippen LogP contribution in [0.5, 0.6) is 0 Å². The van der Waals surface area contributed by atoms with Gasteiger partial charge in [-0.25, -0.2) is 0 Å². The molecule has 2 aromatic rings. The van der Waals surface area contributed by atoms with Crippen molar-refractivity contribution in [2.75, 3.05) is 6.54 Å². The molecule has 0 saturated carbocycles. The minimum absolute atomic E-state index is 0.0515. The van der Waals surface area contributed by atoms with Gasteiger partial charge < -0.3 is 14.7 Å². The molecule has 1 aliphatic heterocycles. The van der Waals surface area contributed by atoms with Gasteiger partial charge in [0.1, 0.15) is 6.04 Å². The van der Waals surface area contributed by atoms with Gasteiger partial charge in [-0.1, -0.05) is 42.4 Å². The lowest BCUT2D eigenvalue weighted by atomic mass is 9.98. The monoisotopic (exact) mass is 478 g/mol. The molecule has 9 nitrogen and oxygen atoms in total. The number of carbonyl (C=O) groups is 2. The summed E-state index contributed by atoms with van der Waals surface area (Å²) in [6, 6.07) is 9.25. The molecule has 186 valence electrons. The number of hydrogen-bond acceptors (Lipinski definition) is 7. The molecule has 0 aliphatic carbocycles. The SMILES string of the molecule is C#CCCC1(CCC(=O)N(CC(C)c2ncon2)C(CCc2ccccc2)C(=O)NC(C)C)N=N1. The number of nitrogens with one attached hydrogen (secondary N) is 1. The minimum Gasteiger partial charge on any atom is -0.352 e. The van der Waals surface area contributed by atoms with Gasteiger partial charge in [0.05, 0.1) is 0 Å². The van der Waals surface area contributed by atoms with E-state index in [9.17, 15) is 9.59 Å². The van der Waals surface area contributed by atoms with Crippen LogP contribution >= 0.6 is 0 Å². The Morgan fingerprint density at radius 1 is 1.17 bits per heavy atom. The molecule has 0 radical (unpaired) electrons. The van der Waals surface area contributed by atoms with Crippen molar-refractivity contribution in [3.05, 3.63) is 48.1 Å². The van der Waals surface area contributed by atoms with Crippen molar-refractivity contribution in [1.82, 2.24) is 20.4 Å². The number of aromatic nitrogens is 2. The van der Waals surface area contributed by atoms with E-state index in [0.29, 0.717) is 37.9 Å². The predicted octanol–water partition coefficient (Wildman–Crippen LogP) is 3.88. The standard InChI is InChI=1S/C26H34N6O3/c1-5-6-15-26(30-31-26)16-14-23(33)32(17-20(4)24-27-18-35-29-24)22(25(34)28-19(2)3)13-12-21-10-8-7-9-11-21/h1,7-11,18-20,22H,6,12-17H2,2-4H3,(H,28,34). The molecule has 0 fully saturated rings. The maximum atomic E-state index is 13.6. The normalized spacial score (nSPS) is 15.3. The Hall–Kier alpha value is -3.54. The van der Waals surface area contributed by atoms with Crippen LogP contribution in [0.4, 0.5) is 0 Å². The number of nitrogens with zero attached hydrogens (tertiary/aromatic N) is 5. The van der Waals surface area contributed by atoms with Gasteiger partial charge >= 0.3 is 0 Å². The molecular formula is C26H34N6O3. The van der Waals surface area contributed by atoms with Crippen molar-refractivity contribution < 1.29 is 14.1 Å². The maximum Gasteiger partial charge on any atom is 0.243 e. The molecule has 35 heavy (non-hydrogen) atoms. The van der Waals surface area contributed by atoms with E-state index in [0.717, 1.165) is 5.56 Å². The van der Waals surface area contributed by atoms with E-state index in [-0.39, 0.29) is 36.7 Å². The minimum atomic E-state index is -0.644. The van der Waals surface area contributed by atoms with E-state index in [2.05, 4.69) is 31.6 Å². The molecular weight excluding hydrogens is 444 g/mol. The summed E-state index contributed by atoms with van der Waals surface area (Å²) in [5.41, 5.74) is 0.546. The third-order valence-corrected chi connectivity index (χ3v) is 6.06. The van der Waals surface area contributed by atoms with Crippen LogP contribution < -0.4 is 5.32 Å². The summed E-state index contributed by atoms with van der Waals surface area (Å²) in [4.78, 5) is 32.7. The molecule has 0 saturated heterocycles. The fourth-order valence-electron chi connectivity index (χ4n) is 4.05. The third-order valence-electron chi connectivity index (χ3n) is 6.06. The number of amides is 2. The summed E-state index contributed by atoms with van der Waals surface area (Å²) in [6.45, 7) is 6.02. The summed E-state index contributed by atoms with van der Waals surface area (Å²) in [7, 11) is 0. The van der Waals surface area contributed by atoms with E-state index in [1.54, 1.807) is 4.90 Å². The first kappa shape index (κ1) is 26.1. The summed E-state index contributed by atoms with van der Waals surface area (Å²) >= 11 is 0. The van der Waals surface area contributed by atoms with Crippen molar-refractivity contribution in [2.24, 2.45) is 10.2 Å². The van der Waals surface area contributed by atoms with E-state index < -0.39 is 11.7 Å². The van der Waals surface area contributed by atoms with Crippen molar-refractivity contribution in [2.45, 2.75) is 83.0 Å². The lowest BCUT2D eigenvalue weighted by Gasteiger charge is -2.33. The van der Waals surface area contributed by atoms with Gasteiger partial charge in [0, 0.05) is 44.2 Å². The summed E-state index contributed by atoms with van der Waals surface area (Å²) in [5.74, 6) is 2.58. The molecule has 1 aliphatic rings. The third kappa shape index (κ3) is 7.74. The Balaban J connectivity index is 1.80. The molecule has 3 rings (SSSR count). The molecule has 0 bridgehead atoms. The first-order valence-corrected chi connectivity index (χ1v) is 12.1. The average Bonchev–Trinajstić information content (AvgIpc) is 3.39. The molecule has 1 aromatic carbocycles. The smallest absolute Gasteiger partial charge is 0.243 e. The van der Waals surface area contributed by atoms with Crippen molar-refractivity contribution in [3.8, 4) is 12.3 Å². The molecule has 2 amide bonds. The van der Waals surface area contributed by atoms with E-state index in [1.165, 1.54) is 6.39 Å². The fourth-order valence-corrected chi connectivity index (χ4v) is 4.05. The maximum absolute atomic E-state index is 13.6. The van der Waals surface area contributed by atoms with Crippen LogP contribution in [0.3, 0.4) is 0 Å². The van der Waals surface area contributed by atoms with Gasteiger partial charge in [-0.05, 0) is 32.3 Å². The zero-order valence-electron chi connectivity index (χ0n) is 20.7. The van der Waals surface area contributed by atoms with E-state index >= 15 is 0 Å². The van der Waals surface area contributed by atoms with Crippen LogP contribution in [-0.2, 0) is 16.0 Å².